The van der Waals surface area contributed by atoms with Gasteiger partial charge >= 0.3 is 12.0 Å². The van der Waals surface area contributed by atoms with Crippen LogP contribution < -0.4 is 10.1 Å². The quantitative estimate of drug-likeness (QED) is 0.855. The lowest BCUT2D eigenvalue weighted by Gasteiger charge is -2.09. The second kappa shape index (κ2) is 6.04. The van der Waals surface area contributed by atoms with Crippen molar-refractivity contribution in [3.63, 3.8) is 0 Å². The van der Waals surface area contributed by atoms with Crippen LogP contribution in [0, 0.1) is 13.8 Å². The van der Waals surface area contributed by atoms with Crippen molar-refractivity contribution >= 4 is 17.9 Å². The molecule has 1 heterocycles. The lowest BCUT2D eigenvalue weighted by molar-refractivity contribution is -0.118. The number of carboxylic acid groups (broad SMARTS) is 1. The average molecular weight is 291 g/mol. The number of carbonyl (C=O) groups is 2. The molecule has 0 atom stereocenters. The van der Waals surface area contributed by atoms with Crippen molar-refractivity contribution in [2.24, 2.45) is 0 Å². The molecule has 0 aliphatic carbocycles. The van der Waals surface area contributed by atoms with Crippen LogP contribution in [0.15, 0.2) is 22.6 Å². The van der Waals surface area contributed by atoms with Crippen molar-refractivity contribution in [2.45, 2.75) is 13.8 Å². The first-order valence-electron chi connectivity index (χ1n) is 6.02. The SMILES string of the molecule is Cc1ccc(C(=O)O)c(OCC(=O)Nc2nnc(C)o2)c1. The molecule has 0 aliphatic heterocycles. The normalized spacial score (nSPS) is 10.2. The van der Waals surface area contributed by atoms with E-state index in [4.69, 9.17) is 14.3 Å². The average Bonchev–Trinajstić information content (AvgIpc) is 2.81. The first-order valence-corrected chi connectivity index (χ1v) is 6.02. The minimum Gasteiger partial charge on any atom is -0.483 e. The topological polar surface area (TPSA) is 115 Å². The van der Waals surface area contributed by atoms with Crippen molar-refractivity contribution in [3.05, 3.63) is 35.2 Å². The number of aryl methyl sites for hydroxylation is 2. The third kappa shape index (κ3) is 3.78. The molecule has 0 spiro atoms. The first-order chi connectivity index (χ1) is 9.95. The van der Waals surface area contributed by atoms with E-state index in [1.54, 1.807) is 26.0 Å². The van der Waals surface area contributed by atoms with E-state index in [-0.39, 0.29) is 23.9 Å². The van der Waals surface area contributed by atoms with E-state index in [1.807, 2.05) is 0 Å². The Labute approximate surface area is 119 Å². The summed E-state index contributed by atoms with van der Waals surface area (Å²) in [6, 6.07) is 4.58. The number of anilines is 1. The van der Waals surface area contributed by atoms with Crippen LogP contribution in [0.3, 0.4) is 0 Å². The highest BCUT2D eigenvalue weighted by atomic mass is 16.5. The van der Waals surface area contributed by atoms with E-state index in [0.717, 1.165) is 5.56 Å². The molecule has 2 aromatic rings. The zero-order valence-electron chi connectivity index (χ0n) is 11.4. The Hall–Kier alpha value is -2.90. The standard InChI is InChI=1S/C13H13N3O5/c1-7-3-4-9(12(18)19)10(5-7)20-6-11(17)14-13-16-15-8(2)21-13/h3-5H,6H2,1-2H3,(H,18,19)(H,14,16,17). The van der Waals surface area contributed by atoms with Gasteiger partial charge in [0, 0.05) is 6.92 Å². The molecule has 8 nitrogen and oxygen atoms in total. The number of amides is 1. The molecule has 110 valence electrons. The number of rotatable bonds is 5. The fourth-order valence-electron chi connectivity index (χ4n) is 1.57. The fourth-order valence-corrected chi connectivity index (χ4v) is 1.57. The Morgan fingerprint density at radius 1 is 1.33 bits per heavy atom. The van der Waals surface area contributed by atoms with Crippen molar-refractivity contribution in [2.75, 3.05) is 11.9 Å². The van der Waals surface area contributed by atoms with Crippen molar-refractivity contribution < 1.29 is 23.8 Å². The first kappa shape index (κ1) is 14.5. The second-order valence-electron chi connectivity index (χ2n) is 4.27. The fraction of sp³-hybridized carbons (Fsp3) is 0.231. The van der Waals surface area contributed by atoms with E-state index in [1.165, 1.54) is 6.07 Å². The highest BCUT2D eigenvalue weighted by Crippen LogP contribution is 2.20. The van der Waals surface area contributed by atoms with Crippen molar-refractivity contribution in [3.8, 4) is 5.75 Å². The molecule has 0 fully saturated rings. The Balaban J connectivity index is 2.00. The summed E-state index contributed by atoms with van der Waals surface area (Å²) in [5, 5.41) is 18.5. The largest absolute Gasteiger partial charge is 0.483 e. The summed E-state index contributed by atoms with van der Waals surface area (Å²) in [5.74, 6) is -1.22. The molecule has 21 heavy (non-hydrogen) atoms. The lowest BCUT2D eigenvalue weighted by atomic mass is 10.1. The Kier molecular flexibility index (Phi) is 4.17. The lowest BCUT2D eigenvalue weighted by Crippen LogP contribution is -2.21. The van der Waals surface area contributed by atoms with Gasteiger partial charge in [-0.05, 0) is 24.6 Å². The second-order valence-corrected chi connectivity index (χ2v) is 4.27. The van der Waals surface area contributed by atoms with Gasteiger partial charge in [-0.2, -0.15) is 0 Å². The highest BCUT2D eigenvalue weighted by Gasteiger charge is 2.14. The molecule has 2 rings (SSSR count). The van der Waals surface area contributed by atoms with Crippen LogP contribution in [0.25, 0.3) is 0 Å². The van der Waals surface area contributed by atoms with Crippen molar-refractivity contribution in [1.29, 1.82) is 0 Å². The van der Waals surface area contributed by atoms with Crippen molar-refractivity contribution in [1.82, 2.24) is 10.2 Å². The minimum atomic E-state index is -1.13. The third-order valence-corrected chi connectivity index (χ3v) is 2.50. The molecule has 0 saturated heterocycles. The van der Waals surface area contributed by atoms with Crippen LogP contribution in [0.2, 0.25) is 0 Å². The number of aromatic nitrogens is 2. The Bertz CT molecular complexity index is 680. The Morgan fingerprint density at radius 3 is 2.71 bits per heavy atom. The van der Waals surface area contributed by atoms with E-state index >= 15 is 0 Å². The molecule has 8 heteroatoms. The molecule has 1 aromatic heterocycles. The van der Waals surface area contributed by atoms with Crippen LogP contribution in [0.1, 0.15) is 21.8 Å². The van der Waals surface area contributed by atoms with Crippen LogP contribution >= 0.6 is 0 Å². The molecule has 0 radical (unpaired) electrons. The van der Waals surface area contributed by atoms with E-state index < -0.39 is 11.9 Å². The number of carboxylic acids is 1. The molecule has 0 aliphatic rings. The smallest absolute Gasteiger partial charge is 0.339 e. The summed E-state index contributed by atoms with van der Waals surface area (Å²) in [6.07, 6.45) is 0. The maximum absolute atomic E-state index is 11.6. The third-order valence-electron chi connectivity index (χ3n) is 2.50. The van der Waals surface area contributed by atoms with Crippen LogP contribution in [-0.4, -0.2) is 33.8 Å². The van der Waals surface area contributed by atoms with Gasteiger partial charge in [-0.1, -0.05) is 11.2 Å². The highest BCUT2D eigenvalue weighted by molar-refractivity contribution is 5.92. The molecule has 1 aromatic carbocycles. The monoisotopic (exact) mass is 291 g/mol. The van der Waals surface area contributed by atoms with E-state index in [2.05, 4.69) is 15.5 Å². The summed E-state index contributed by atoms with van der Waals surface area (Å²) in [7, 11) is 0. The summed E-state index contributed by atoms with van der Waals surface area (Å²) in [6.45, 7) is 3.01. The number of nitrogens with zero attached hydrogens (tertiary/aromatic N) is 2. The van der Waals surface area contributed by atoms with Gasteiger partial charge in [-0.25, -0.2) is 4.79 Å². The molecule has 2 N–H and O–H groups in total. The number of carbonyl (C=O) groups excluding carboxylic acids is 1. The summed E-state index contributed by atoms with van der Waals surface area (Å²) in [4.78, 5) is 22.7. The maximum Gasteiger partial charge on any atom is 0.339 e. The maximum atomic E-state index is 11.6. The van der Waals surface area contributed by atoms with Gasteiger partial charge < -0.3 is 14.3 Å². The van der Waals surface area contributed by atoms with Crippen LogP contribution in [-0.2, 0) is 4.79 Å². The van der Waals surface area contributed by atoms with Crippen LogP contribution in [0.4, 0.5) is 6.01 Å². The molecule has 1 amide bonds. The number of ether oxygens (including phenoxy) is 1. The minimum absolute atomic E-state index is 0.0120. The predicted octanol–water partition coefficient (Wildman–Crippen LogP) is 1.40. The summed E-state index contributed by atoms with van der Waals surface area (Å²) in [5.41, 5.74) is 0.810. The van der Waals surface area contributed by atoms with Gasteiger partial charge in [0.15, 0.2) is 6.61 Å². The van der Waals surface area contributed by atoms with Gasteiger partial charge in [-0.15, -0.1) is 5.10 Å². The predicted molar refractivity (Wildman–Crippen MR) is 71.3 cm³/mol. The van der Waals surface area contributed by atoms with E-state index in [9.17, 15) is 9.59 Å². The van der Waals surface area contributed by atoms with Gasteiger partial charge in [0.1, 0.15) is 11.3 Å². The van der Waals surface area contributed by atoms with Gasteiger partial charge in [0.25, 0.3) is 5.91 Å². The zero-order chi connectivity index (χ0) is 15.4. The molecule has 0 saturated carbocycles. The van der Waals surface area contributed by atoms with Gasteiger partial charge in [0.2, 0.25) is 5.89 Å². The number of benzene rings is 1. The molecule has 0 unspecified atom stereocenters. The summed E-state index contributed by atoms with van der Waals surface area (Å²) < 4.78 is 10.2. The molecular weight excluding hydrogens is 278 g/mol. The molecular formula is C13H13N3O5. The number of nitrogens with one attached hydrogen (secondary N) is 1. The zero-order valence-corrected chi connectivity index (χ0v) is 11.4. The van der Waals surface area contributed by atoms with Gasteiger partial charge in [0.05, 0.1) is 0 Å². The Morgan fingerprint density at radius 2 is 2.10 bits per heavy atom. The number of aromatic carboxylic acids is 1. The van der Waals surface area contributed by atoms with Gasteiger partial charge in [-0.3, -0.25) is 10.1 Å². The molecule has 0 bridgehead atoms. The van der Waals surface area contributed by atoms with Crippen LogP contribution in [0.5, 0.6) is 5.75 Å². The summed E-state index contributed by atoms with van der Waals surface area (Å²) >= 11 is 0. The number of hydrogen-bond donors (Lipinski definition) is 2. The number of hydrogen-bond acceptors (Lipinski definition) is 6. The van der Waals surface area contributed by atoms with E-state index in [0.29, 0.717) is 5.89 Å².